The minimum atomic E-state index is -0.623. The van der Waals surface area contributed by atoms with Gasteiger partial charge in [0.25, 0.3) is 5.91 Å². The molecule has 47 heavy (non-hydrogen) atoms. The summed E-state index contributed by atoms with van der Waals surface area (Å²) in [6.45, 7) is 8.01. The lowest BCUT2D eigenvalue weighted by atomic mass is 10.1. The van der Waals surface area contributed by atoms with Gasteiger partial charge in [-0.05, 0) is 57.2 Å². The van der Waals surface area contributed by atoms with E-state index in [2.05, 4.69) is 26.9 Å². The molecule has 4 rings (SSSR count). The summed E-state index contributed by atoms with van der Waals surface area (Å²) in [5.74, 6) is 3.90. The molecule has 1 aromatic heterocycles. The third-order valence-corrected chi connectivity index (χ3v) is 6.45. The molecular formula is C36H40N4O7. The lowest BCUT2D eigenvalue weighted by Gasteiger charge is -2.20. The Labute approximate surface area is 274 Å². The van der Waals surface area contributed by atoms with Crippen molar-refractivity contribution in [1.29, 1.82) is 0 Å². The van der Waals surface area contributed by atoms with Crippen LogP contribution in [0.3, 0.4) is 0 Å². The Morgan fingerprint density at radius 3 is 2.38 bits per heavy atom. The average molecular weight is 641 g/mol. The topological polar surface area (TPSA) is 129 Å². The normalized spacial score (nSPS) is 11.0. The van der Waals surface area contributed by atoms with Crippen molar-refractivity contribution in [3.8, 4) is 23.8 Å². The van der Waals surface area contributed by atoms with Gasteiger partial charge in [0.2, 0.25) is 0 Å². The first-order chi connectivity index (χ1) is 22.6. The van der Waals surface area contributed by atoms with Crippen molar-refractivity contribution in [2.75, 3.05) is 57.3 Å². The molecule has 3 aromatic carbocycles. The Morgan fingerprint density at radius 1 is 0.894 bits per heavy atom. The van der Waals surface area contributed by atoms with Crippen LogP contribution in [-0.4, -0.2) is 69.3 Å². The van der Waals surface area contributed by atoms with Gasteiger partial charge in [0.05, 0.1) is 38.7 Å². The Hall–Kier alpha value is -5.15. The second-order valence-electron chi connectivity index (χ2n) is 11.3. The molecule has 0 fully saturated rings. The van der Waals surface area contributed by atoms with Gasteiger partial charge in [-0.3, -0.25) is 10.1 Å². The highest BCUT2D eigenvalue weighted by Crippen LogP contribution is 2.35. The Balaban J connectivity index is 1.41. The molecule has 0 unspecified atom stereocenters. The van der Waals surface area contributed by atoms with E-state index in [1.807, 2.05) is 45.0 Å². The van der Waals surface area contributed by atoms with E-state index >= 15 is 0 Å². The molecule has 0 aliphatic rings. The molecule has 246 valence electrons. The Kier molecular flexibility index (Phi) is 12.5. The van der Waals surface area contributed by atoms with Crippen molar-refractivity contribution in [3.05, 3.63) is 84.1 Å². The maximum Gasteiger partial charge on any atom is 0.412 e. The number of terminal acetylenes is 1. The van der Waals surface area contributed by atoms with E-state index in [4.69, 9.17) is 30.1 Å². The first-order valence-electron chi connectivity index (χ1n) is 15.1. The summed E-state index contributed by atoms with van der Waals surface area (Å²) in [4.78, 5) is 29.7. The quantitative estimate of drug-likeness (QED) is 0.0984. The van der Waals surface area contributed by atoms with Crippen molar-refractivity contribution in [2.45, 2.75) is 26.4 Å². The SMILES string of the molecule is C#Cc1cc(Nc2cc(Oc3ccc(NC(=O)OC(C)(C)C)c4ccccc34)ccn2)cc(C(=O)NCCOCCOCCOC)c1. The molecule has 0 saturated carbocycles. The molecular weight excluding hydrogens is 600 g/mol. The summed E-state index contributed by atoms with van der Waals surface area (Å²) in [5.41, 5.74) is 1.49. The second kappa shape index (κ2) is 17.0. The van der Waals surface area contributed by atoms with Crippen molar-refractivity contribution < 1.29 is 33.3 Å². The highest BCUT2D eigenvalue weighted by atomic mass is 16.6. The van der Waals surface area contributed by atoms with Gasteiger partial charge < -0.3 is 34.3 Å². The summed E-state index contributed by atoms with van der Waals surface area (Å²) in [6.07, 6.45) is 6.75. The van der Waals surface area contributed by atoms with Gasteiger partial charge in [-0.25, -0.2) is 9.78 Å². The number of methoxy groups -OCH3 is 1. The average Bonchev–Trinajstić information content (AvgIpc) is 3.04. The van der Waals surface area contributed by atoms with Crippen LogP contribution in [0.5, 0.6) is 11.5 Å². The number of benzene rings is 3. The lowest BCUT2D eigenvalue weighted by Crippen LogP contribution is -2.27. The van der Waals surface area contributed by atoms with Gasteiger partial charge >= 0.3 is 6.09 Å². The van der Waals surface area contributed by atoms with Crippen LogP contribution in [0.1, 0.15) is 36.7 Å². The van der Waals surface area contributed by atoms with Crippen molar-refractivity contribution in [3.63, 3.8) is 0 Å². The van der Waals surface area contributed by atoms with Gasteiger partial charge in [0, 0.05) is 53.5 Å². The monoisotopic (exact) mass is 640 g/mol. The third kappa shape index (κ3) is 11.0. The van der Waals surface area contributed by atoms with Crippen LogP contribution in [0.25, 0.3) is 10.8 Å². The number of pyridine rings is 1. The summed E-state index contributed by atoms with van der Waals surface area (Å²) < 4.78 is 27.5. The predicted octanol–water partition coefficient (Wildman–Crippen LogP) is 6.51. The summed E-state index contributed by atoms with van der Waals surface area (Å²) in [7, 11) is 1.62. The molecule has 4 aromatic rings. The number of rotatable bonds is 15. The molecule has 11 heteroatoms. The summed E-state index contributed by atoms with van der Waals surface area (Å²) >= 11 is 0. The number of amides is 2. The van der Waals surface area contributed by atoms with Gasteiger partial charge in [-0.2, -0.15) is 0 Å². The van der Waals surface area contributed by atoms with Crippen LogP contribution in [-0.2, 0) is 18.9 Å². The number of anilines is 3. The van der Waals surface area contributed by atoms with E-state index in [9.17, 15) is 9.59 Å². The van der Waals surface area contributed by atoms with Crippen LogP contribution in [0, 0.1) is 12.3 Å². The molecule has 0 spiro atoms. The molecule has 2 amide bonds. The number of nitrogens with one attached hydrogen (secondary N) is 3. The zero-order valence-electron chi connectivity index (χ0n) is 27.1. The lowest BCUT2D eigenvalue weighted by molar-refractivity contribution is 0.0255. The van der Waals surface area contributed by atoms with Crippen molar-refractivity contribution in [2.24, 2.45) is 0 Å². The summed E-state index contributed by atoms with van der Waals surface area (Å²) in [5, 5.41) is 10.5. The Bertz CT molecular complexity index is 1710. The molecule has 11 nitrogen and oxygen atoms in total. The van der Waals surface area contributed by atoms with Crippen molar-refractivity contribution >= 4 is 40.0 Å². The van der Waals surface area contributed by atoms with E-state index in [1.165, 1.54) is 0 Å². The molecule has 1 heterocycles. The number of ether oxygens (including phenoxy) is 5. The minimum absolute atomic E-state index is 0.286. The number of fused-ring (bicyclic) bond motifs is 1. The number of hydrogen-bond acceptors (Lipinski definition) is 9. The number of carbonyl (C=O) groups is 2. The zero-order valence-corrected chi connectivity index (χ0v) is 27.1. The number of hydrogen-bond donors (Lipinski definition) is 3. The van der Waals surface area contributed by atoms with E-state index in [0.717, 1.165) is 10.8 Å². The highest BCUT2D eigenvalue weighted by Gasteiger charge is 2.18. The second-order valence-corrected chi connectivity index (χ2v) is 11.3. The first-order valence-corrected chi connectivity index (χ1v) is 15.1. The molecule has 0 bridgehead atoms. The largest absolute Gasteiger partial charge is 0.457 e. The minimum Gasteiger partial charge on any atom is -0.457 e. The fourth-order valence-electron chi connectivity index (χ4n) is 4.42. The fourth-order valence-corrected chi connectivity index (χ4v) is 4.42. The smallest absolute Gasteiger partial charge is 0.412 e. The van der Waals surface area contributed by atoms with Crippen LogP contribution in [0.4, 0.5) is 22.0 Å². The van der Waals surface area contributed by atoms with Crippen LogP contribution >= 0.6 is 0 Å². The van der Waals surface area contributed by atoms with Gasteiger partial charge in [-0.15, -0.1) is 6.42 Å². The molecule has 0 atom stereocenters. The first kappa shape index (κ1) is 34.7. The Morgan fingerprint density at radius 2 is 1.64 bits per heavy atom. The maximum absolute atomic E-state index is 12.9. The molecule has 0 radical (unpaired) electrons. The molecule has 3 N–H and O–H groups in total. The summed E-state index contributed by atoms with van der Waals surface area (Å²) in [6, 6.07) is 19.7. The molecule has 0 aliphatic carbocycles. The van der Waals surface area contributed by atoms with Crippen molar-refractivity contribution in [1.82, 2.24) is 10.3 Å². The van der Waals surface area contributed by atoms with E-state index in [0.29, 0.717) is 79.4 Å². The number of nitrogens with zero attached hydrogens (tertiary/aromatic N) is 1. The van der Waals surface area contributed by atoms with Crippen LogP contribution in [0.2, 0.25) is 0 Å². The highest BCUT2D eigenvalue weighted by molar-refractivity contribution is 6.03. The number of carbonyl (C=O) groups excluding carboxylic acids is 2. The molecule has 0 saturated heterocycles. The van der Waals surface area contributed by atoms with Gasteiger partial charge in [0.15, 0.2) is 0 Å². The van der Waals surface area contributed by atoms with E-state index in [1.54, 1.807) is 55.8 Å². The van der Waals surface area contributed by atoms with Crippen LogP contribution < -0.4 is 20.7 Å². The fraction of sp³-hybridized carbons (Fsp3) is 0.306. The van der Waals surface area contributed by atoms with Gasteiger partial charge in [0.1, 0.15) is 22.9 Å². The third-order valence-electron chi connectivity index (χ3n) is 6.45. The van der Waals surface area contributed by atoms with Gasteiger partial charge in [-0.1, -0.05) is 30.2 Å². The van der Waals surface area contributed by atoms with E-state index in [-0.39, 0.29) is 5.91 Å². The molecule has 0 aliphatic heterocycles. The maximum atomic E-state index is 12.9. The van der Waals surface area contributed by atoms with E-state index < -0.39 is 11.7 Å². The standard InChI is InChI=1S/C36H40N4O7/c1-6-25-21-26(34(41)38-15-16-44-19-20-45-18-17-43-5)23-27(22-25)39-33-24-28(13-14-37-33)46-32-12-11-31(29-9-7-8-10-30(29)32)40-35(42)47-36(2,3)4/h1,7-14,21-24H,15-20H2,2-5H3,(H,37,39)(H,38,41)(H,40,42). The van der Waals surface area contributed by atoms with Crippen LogP contribution in [0.15, 0.2) is 72.9 Å². The number of aromatic nitrogens is 1. The predicted molar refractivity (Wildman–Crippen MR) is 182 cm³/mol. The zero-order chi connectivity index (χ0) is 33.6.